The fourth-order valence-corrected chi connectivity index (χ4v) is 4.68. The summed E-state index contributed by atoms with van der Waals surface area (Å²) in [6.45, 7) is 9.07. The molecule has 0 aromatic carbocycles. The highest BCUT2D eigenvalue weighted by molar-refractivity contribution is 5.90. The first-order valence-electron chi connectivity index (χ1n) is 16.1. The van der Waals surface area contributed by atoms with Gasteiger partial charge in [-0.15, -0.1) is 0 Å². The van der Waals surface area contributed by atoms with Crippen molar-refractivity contribution >= 4 is 47.4 Å². The van der Waals surface area contributed by atoms with Gasteiger partial charge in [0.2, 0.25) is 17.7 Å². The van der Waals surface area contributed by atoms with Crippen LogP contribution in [-0.2, 0) is 47.8 Å². The van der Waals surface area contributed by atoms with Crippen molar-refractivity contribution in [2.45, 2.75) is 33.7 Å². The lowest BCUT2D eigenvalue weighted by molar-refractivity contribution is -0.168. The molecular formula is C30H50N8O10. The van der Waals surface area contributed by atoms with Gasteiger partial charge in [0.25, 0.3) is 0 Å². The SMILES string of the molecule is CC(C)NCCNC(=O)CN(CCN1CC(=O)OC(=O)C1)CC(=O)NCCNC(=O)CN(CCN1CC(=O)OC(=O)C1)CC(=O)C(C)C. The molecule has 18 heteroatoms. The van der Waals surface area contributed by atoms with E-state index in [4.69, 9.17) is 0 Å². The number of carbonyl (C=O) groups excluding carboxylic acids is 8. The lowest BCUT2D eigenvalue weighted by atomic mass is 10.1. The van der Waals surface area contributed by atoms with Crippen LogP contribution in [0.1, 0.15) is 27.7 Å². The summed E-state index contributed by atoms with van der Waals surface area (Å²) >= 11 is 0. The Morgan fingerprint density at radius 2 is 0.958 bits per heavy atom. The van der Waals surface area contributed by atoms with Gasteiger partial charge in [0.05, 0.1) is 52.4 Å². The quantitative estimate of drug-likeness (QED) is 0.0485. The minimum atomic E-state index is -0.660. The molecule has 0 spiro atoms. The maximum Gasteiger partial charge on any atom is 0.327 e. The number of carbonyl (C=O) groups is 8. The Hall–Kier alpha value is -3.84. The van der Waals surface area contributed by atoms with Crippen molar-refractivity contribution in [2.24, 2.45) is 5.92 Å². The molecule has 2 fully saturated rings. The van der Waals surface area contributed by atoms with E-state index in [0.717, 1.165) is 0 Å². The van der Waals surface area contributed by atoms with Crippen molar-refractivity contribution < 1.29 is 47.8 Å². The lowest BCUT2D eigenvalue weighted by Crippen LogP contribution is -2.50. The molecule has 0 aromatic heterocycles. The number of ketones is 1. The molecule has 48 heavy (non-hydrogen) atoms. The number of ether oxygens (including phenoxy) is 2. The summed E-state index contributed by atoms with van der Waals surface area (Å²) in [5.41, 5.74) is 0. The molecule has 0 bridgehead atoms. The number of hydrogen-bond acceptors (Lipinski definition) is 15. The second-order valence-electron chi connectivity index (χ2n) is 12.3. The van der Waals surface area contributed by atoms with Crippen LogP contribution >= 0.6 is 0 Å². The molecule has 2 rings (SSSR count). The van der Waals surface area contributed by atoms with Crippen LogP contribution in [0, 0.1) is 5.92 Å². The molecule has 2 aliphatic heterocycles. The first kappa shape index (κ1) is 40.3. The highest BCUT2D eigenvalue weighted by Gasteiger charge is 2.27. The van der Waals surface area contributed by atoms with E-state index in [1.54, 1.807) is 33.4 Å². The lowest BCUT2D eigenvalue weighted by Gasteiger charge is -2.28. The predicted molar refractivity (Wildman–Crippen MR) is 170 cm³/mol. The van der Waals surface area contributed by atoms with Crippen LogP contribution in [0.3, 0.4) is 0 Å². The zero-order valence-electron chi connectivity index (χ0n) is 28.3. The van der Waals surface area contributed by atoms with E-state index in [1.807, 2.05) is 13.8 Å². The number of rotatable bonds is 22. The summed E-state index contributed by atoms with van der Waals surface area (Å²) in [7, 11) is 0. The van der Waals surface area contributed by atoms with Crippen molar-refractivity contribution in [1.29, 1.82) is 0 Å². The van der Waals surface area contributed by atoms with E-state index in [9.17, 15) is 38.4 Å². The van der Waals surface area contributed by atoms with Gasteiger partial charge in [-0.1, -0.05) is 27.7 Å². The Morgan fingerprint density at radius 1 is 0.604 bits per heavy atom. The normalized spacial score (nSPS) is 16.0. The van der Waals surface area contributed by atoms with E-state index >= 15 is 0 Å². The van der Waals surface area contributed by atoms with E-state index in [-0.39, 0.29) is 121 Å². The molecule has 0 saturated carbocycles. The first-order chi connectivity index (χ1) is 22.7. The van der Waals surface area contributed by atoms with Gasteiger partial charge in [-0.05, 0) is 0 Å². The van der Waals surface area contributed by atoms with Gasteiger partial charge in [0.15, 0.2) is 0 Å². The molecule has 0 aromatic rings. The third-order valence-corrected chi connectivity index (χ3v) is 7.23. The molecule has 4 N–H and O–H groups in total. The molecule has 0 unspecified atom stereocenters. The number of esters is 4. The topological polar surface area (TPSA) is 216 Å². The average molecular weight is 683 g/mol. The Balaban J connectivity index is 1.83. The Bertz CT molecular complexity index is 1130. The molecule has 3 amide bonds. The Labute approximate surface area is 280 Å². The molecule has 0 aliphatic carbocycles. The van der Waals surface area contributed by atoms with Gasteiger partial charge in [-0.3, -0.25) is 58.0 Å². The molecule has 2 heterocycles. The molecule has 270 valence electrons. The second-order valence-corrected chi connectivity index (χ2v) is 12.3. The Morgan fingerprint density at radius 3 is 1.31 bits per heavy atom. The third kappa shape index (κ3) is 17.4. The van der Waals surface area contributed by atoms with Crippen LogP contribution in [0.15, 0.2) is 0 Å². The first-order valence-corrected chi connectivity index (χ1v) is 16.1. The van der Waals surface area contributed by atoms with Crippen molar-refractivity contribution in [2.75, 3.05) is 105 Å². The minimum Gasteiger partial charge on any atom is -0.391 e. The second kappa shape index (κ2) is 21.2. The maximum atomic E-state index is 12.8. The molecule has 2 aliphatic rings. The van der Waals surface area contributed by atoms with Gasteiger partial charge in [0.1, 0.15) is 5.78 Å². The number of morpholine rings is 2. The predicted octanol–water partition coefficient (Wildman–Crippen LogP) is -4.07. The van der Waals surface area contributed by atoms with Crippen LogP contribution in [0.2, 0.25) is 0 Å². The third-order valence-electron chi connectivity index (χ3n) is 7.23. The van der Waals surface area contributed by atoms with Crippen molar-refractivity contribution in [3.05, 3.63) is 0 Å². The van der Waals surface area contributed by atoms with Crippen LogP contribution < -0.4 is 21.3 Å². The fourth-order valence-electron chi connectivity index (χ4n) is 4.68. The maximum absolute atomic E-state index is 12.8. The van der Waals surface area contributed by atoms with Gasteiger partial charge in [-0.2, -0.15) is 0 Å². The summed E-state index contributed by atoms with van der Waals surface area (Å²) in [5, 5.41) is 11.4. The van der Waals surface area contributed by atoms with Crippen molar-refractivity contribution in [1.82, 2.24) is 40.9 Å². The number of amides is 3. The number of Topliss-reactive ketones (excluding diaryl/α,β-unsaturated/α-hetero) is 1. The smallest absolute Gasteiger partial charge is 0.327 e. The molecule has 0 atom stereocenters. The Kier molecular flexibility index (Phi) is 17.8. The molecule has 2 saturated heterocycles. The highest BCUT2D eigenvalue weighted by Crippen LogP contribution is 2.04. The monoisotopic (exact) mass is 682 g/mol. The van der Waals surface area contributed by atoms with Crippen molar-refractivity contribution in [3.63, 3.8) is 0 Å². The standard InChI is InChI=1S/C30H50N8O10/c1-21(2)23(39)13-35(9-11-37-17-27(43)47-28(44)18-37)14-24(40)33-7-8-34-26(42)16-36(15-25(41)32-6-5-31-22(3)4)10-12-38-19-29(45)48-30(46)20-38/h21-22,31H,5-20H2,1-4H3,(H,32,41)(H,33,40)(H,34,42). The minimum absolute atomic E-state index is 0.0124. The van der Waals surface area contributed by atoms with Crippen LogP contribution in [0.5, 0.6) is 0 Å². The van der Waals surface area contributed by atoms with Crippen LogP contribution in [0.25, 0.3) is 0 Å². The van der Waals surface area contributed by atoms with E-state index < -0.39 is 29.8 Å². The zero-order valence-corrected chi connectivity index (χ0v) is 28.3. The van der Waals surface area contributed by atoms with Gasteiger partial charge in [-0.25, -0.2) is 0 Å². The van der Waals surface area contributed by atoms with Gasteiger partial charge < -0.3 is 30.7 Å². The summed E-state index contributed by atoms with van der Waals surface area (Å²) in [6.07, 6.45) is 0. The average Bonchev–Trinajstić information content (AvgIpc) is 2.98. The number of hydrogen-bond donors (Lipinski definition) is 4. The van der Waals surface area contributed by atoms with Gasteiger partial charge >= 0.3 is 23.9 Å². The van der Waals surface area contributed by atoms with E-state index in [1.165, 1.54) is 0 Å². The largest absolute Gasteiger partial charge is 0.391 e. The highest BCUT2D eigenvalue weighted by atomic mass is 16.6. The van der Waals surface area contributed by atoms with E-state index in [0.29, 0.717) is 13.1 Å². The van der Waals surface area contributed by atoms with Crippen LogP contribution in [-0.4, -0.2) is 178 Å². The fraction of sp³-hybridized carbons (Fsp3) is 0.733. The summed E-state index contributed by atoms with van der Waals surface area (Å²) in [6, 6.07) is 0.264. The number of nitrogens with zero attached hydrogens (tertiary/aromatic N) is 4. The number of cyclic esters (lactones) is 4. The number of nitrogens with one attached hydrogen (secondary N) is 4. The van der Waals surface area contributed by atoms with Gasteiger partial charge in [0, 0.05) is 64.3 Å². The van der Waals surface area contributed by atoms with Crippen LogP contribution in [0.4, 0.5) is 0 Å². The molecule has 0 radical (unpaired) electrons. The summed E-state index contributed by atoms with van der Waals surface area (Å²) in [5.74, 6) is -4.00. The van der Waals surface area contributed by atoms with E-state index in [2.05, 4.69) is 30.7 Å². The molecular weight excluding hydrogens is 632 g/mol. The summed E-state index contributed by atoms with van der Waals surface area (Å²) < 4.78 is 9.07. The molecule has 18 nitrogen and oxygen atoms in total. The summed E-state index contributed by atoms with van der Waals surface area (Å²) in [4.78, 5) is 103. The van der Waals surface area contributed by atoms with Crippen molar-refractivity contribution in [3.8, 4) is 0 Å². The zero-order chi connectivity index (χ0) is 35.6.